The first-order valence-electron chi connectivity index (χ1n) is 7.81. The van der Waals surface area contributed by atoms with Crippen LogP contribution in [0, 0.1) is 0 Å². The second kappa shape index (κ2) is 7.21. The van der Waals surface area contributed by atoms with Crippen molar-refractivity contribution in [2.24, 2.45) is 5.73 Å². The highest BCUT2D eigenvalue weighted by Gasteiger charge is 2.28. The smallest absolute Gasteiger partial charge is 0.0228 e. The van der Waals surface area contributed by atoms with Crippen molar-refractivity contribution >= 4 is 0 Å². The second-order valence-corrected chi connectivity index (χ2v) is 6.29. The molecular formula is C17H29N3. The standard InChI is InChI=1S/C17H29N3/c1-14(16-7-5-4-6-8-16)11-17(12-18)20-10-9-19(3)13-15(20)2/h4-8,14-15,17H,9-13,18H2,1-3H3. The molecule has 2 rings (SSSR count). The molecule has 3 nitrogen and oxygen atoms in total. The second-order valence-electron chi connectivity index (χ2n) is 6.29. The molecule has 1 heterocycles. The van der Waals surface area contributed by atoms with Crippen molar-refractivity contribution in [1.29, 1.82) is 0 Å². The van der Waals surface area contributed by atoms with Crippen LogP contribution in [-0.2, 0) is 0 Å². The third-order valence-electron chi connectivity index (χ3n) is 4.62. The van der Waals surface area contributed by atoms with Crippen molar-refractivity contribution in [3.63, 3.8) is 0 Å². The fourth-order valence-electron chi connectivity index (χ4n) is 3.39. The average molecular weight is 275 g/mol. The normalized spacial score (nSPS) is 24.5. The fourth-order valence-corrected chi connectivity index (χ4v) is 3.39. The zero-order chi connectivity index (χ0) is 14.5. The topological polar surface area (TPSA) is 32.5 Å². The molecule has 1 fully saturated rings. The van der Waals surface area contributed by atoms with E-state index in [9.17, 15) is 0 Å². The molecular weight excluding hydrogens is 246 g/mol. The number of hydrogen-bond donors (Lipinski definition) is 1. The Balaban J connectivity index is 1.98. The van der Waals surface area contributed by atoms with Crippen LogP contribution in [0.1, 0.15) is 31.7 Å². The van der Waals surface area contributed by atoms with Gasteiger partial charge in [0.25, 0.3) is 0 Å². The predicted octanol–water partition coefficient (Wildman–Crippen LogP) is 2.14. The van der Waals surface area contributed by atoms with E-state index in [1.807, 2.05) is 0 Å². The van der Waals surface area contributed by atoms with Crippen LogP contribution in [0.25, 0.3) is 0 Å². The Morgan fingerprint density at radius 1 is 1.25 bits per heavy atom. The van der Waals surface area contributed by atoms with Gasteiger partial charge in [-0.1, -0.05) is 37.3 Å². The molecule has 112 valence electrons. The van der Waals surface area contributed by atoms with Crippen molar-refractivity contribution in [3.05, 3.63) is 35.9 Å². The Labute approximate surface area is 123 Å². The Bertz CT molecular complexity index is 392. The lowest BCUT2D eigenvalue weighted by Crippen LogP contribution is -2.56. The van der Waals surface area contributed by atoms with Crippen LogP contribution >= 0.6 is 0 Å². The van der Waals surface area contributed by atoms with E-state index in [1.165, 1.54) is 5.56 Å². The first-order valence-corrected chi connectivity index (χ1v) is 7.81. The lowest BCUT2D eigenvalue weighted by molar-refractivity contribution is 0.0583. The summed E-state index contributed by atoms with van der Waals surface area (Å²) in [6.07, 6.45) is 1.15. The summed E-state index contributed by atoms with van der Waals surface area (Å²) in [5, 5.41) is 0. The highest BCUT2D eigenvalue weighted by Crippen LogP contribution is 2.24. The van der Waals surface area contributed by atoms with E-state index in [-0.39, 0.29) is 0 Å². The number of benzene rings is 1. The van der Waals surface area contributed by atoms with Crippen LogP contribution in [-0.4, -0.2) is 55.1 Å². The third-order valence-corrected chi connectivity index (χ3v) is 4.62. The highest BCUT2D eigenvalue weighted by molar-refractivity contribution is 5.19. The van der Waals surface area contributed by atoms with Crippen LogP contribution in [0.2, 0.25) is 0 Å². The summed E-state index contributed by atoms with van der Waals surface area (Å²) in [6.45, 7) is 8.84. The molecule has 3 unspecified atom stereocenters. The van der Waals surface area contributed by atoms with Gasteiger partial charge >= 0.3 is 0 Å². The number of nitrogens with zero attached hydrogens (tertiary/aromatic N) is 2. The summed E-state index contributed by atoms with van der Waals surface area (Å²) in [5.41, 5.74) is 7.50. The molecule has 0 saturated carbocycles. The van der Waals surface area contributed by atoms with E-state index >= 15 is 0 Å². The van der Waals surface area contributed by atoms with Crippen molar-refractivity contribution < 1.29 is 0 Å². The van der Waals surface area contributed by atoms with Gasteiger partial charge in [-0.15, -0.1) is 0 Å². The maximum absolute atomic E-state index is 6.07. The van der Waals surface area contributed by atoms with Gasteiger partial charge in [-0.05, 0) is 31.9 Å². The number of rotatable bonds is 5. The molecule has 1 aromatic carbocycles. The molecule has 0 bridgehead atoms. The zero-order valence-electron chi connectivity index (χ0n) is 13.1. The van der Waals surface area contributed by atoms with E-state index in [2.05, 4.69) is 61.0 Å². The van der Waals surface area contributed by atoms with Gasteiger partial charge in [-0.3, -0.25) is 4.90 Å². The van der Waals surface area contributed by atoms with Crippen molar-refractivity contribution in [3.8, 4) is 0 Å². The monoisotopic (exact) mass is 275 g/mol. The number of nitrogens with two attached hydrogens (primary N) is 1. The Kier molecular flexibility index (Phi) is 5.58. The molecule has 0 spiro atoms. The number of likely N-dealkylation sites (N-methyl/N-ethyl adjacent to an activating group) is 1. The number of piperazine rings is 1. The van der Waals surface area contributed by atoms with Gasteiger partial charge in [0.05, 0.1) is 0 Å². The predicted molar refractivity (Wildman–Crippen MR) is 86.0 cm³/mol. The number of hydrogen-bond acceptors (Lipinski definition) is 3. The maximum atomic E-state index is 6.07. The van der Waals surface area contributed by atoms with Crippen LogP contribution in [0.4, 0.5) is 0 Å². The average Bonchev–Trinajstić information content (AvgIpc) is 2.46. The minimum atomic E-state index is 0.494. The first-order chi connectivity index (χ1) is 9.61. The summed E-state index contributed by atoms with van der Waals surface area (Å²) in [4.78, 5) is 5.02. The molecule has 0 amide bonds. The SMILES string of the molecule is CC(CC(CN)N1CCN(C)CC1C)c1ccccc1. The Morgan fingerprint density at radius 2 is 1.95 bits per heavy atom. The zero-order valence-corrected chi connectivity index (χ0v) is 13.1. The highest BCUT2D eigenvalue weighted by atomic mass is 15.3. The van der Waals surface area contributed by atoms with E-state index in [1.54, 1.807) is 0 Å². The van der Waals surface area contributed by atoms with Crippen LogP contribution in [0.3, 0.4) is 0 Å². The fraction of sp³-hybridized carbons (Fsp3) is 0.647. The molecule has 0 aromatic heterocycles. The van der Waals surface area contributed by atoms with Gasteiger partial charge < -0.3 is 10.6 Å². The molecule has 3 heteroatoms. The minimum Gasteiger partial charge on any atom is -0.329 e. The molecule has 0 radical (unpaired) electrons. The van der Waals surface area contributed by atoms with Crippen LogP contribution in [0.5, 0.6) is 0 Å². The molecule has 1 saturated heterocycles. The Hall–Kier alpha value is -0.900. The summed E-state index contributed by atoms with van der Waals surface area (Å²) < 4.78 is 0. The molecule has 1 aliphatic rings. The molecule has 2 N–H and O–H groups in total. The largest absolute Gasteiger partial charge is 0.329 e. The molecule has 1 aromatic rings. The van der Waals surface area contributed by atoms with Crippen LogP contribution < -0.4 is 5.73 Å². The van der Waals surface area contributed by atoms with Crippen molar-refractivity contribution in [1.82, 2.24) is 9.80 Å². The van der Waals surface area contributed by atoms with E-state index in [4.69, 9.17) is 5.73 Å². The third kappa shape index (κ3) is 3.81. The van der Waals surface area contributed by atoms with Crippen molar-refractivity contribution in [2.75, 3.05) is 33.2 Å². The lowest BCUT2D eigenvalue weighted by atomic mass is 9.92. The lowest BCUT2D eigenvalue weighted by Gasteiger charge is -2.43. The van der Waals surface area contributed by atoms with Gasteiger partial charge in [0, 0.05) is 38.3 Å². The van der Waals surface area contributed by atoms with E-state index in [0.717, 1.165) is 32.6 Å². The summed E-state index contributed by atoms with van der Waals surface area (Å²) in [6, 6.07) is 11.9. The molecule has 0 aliphatic carbocycles. The van der Waals surface area contributed by atoms with Gasteiger partial charge in [0.15, 0.2) is 0 Å². The minimum absolute atomic E-state index is 0.494. The van der Waals surface area contributed by atoms with E-state index in [0.29, 0.717) is 18.0 Å². The summed E-state index contributed by atoms with van der Waals surface area (Å²) in [5.74, 6) is 0.566. The quantitative estimate of drug-likeness (QED) is 0.893. The van der Waals surface area contributed by atoms with Gasteiger partial charge in [-0.2, -0.15) is 0 Å². The summed E-state index contributed by atoms with van der Waals surface area (Å²) in [7, 11) is 2.21. The van der Waals surface area contributed by atoms with Gasteiger partial charge in [0.2, 0.25) is 0 Å². The van der Waals surface area contributed by atoms with E-state index < -0.39 is 0 Å². The molecule has 1 aliphatic heterocycles. The molecule has 20 heavy (non-hydrogen) atoms. The van der Waals surface area contributed by atoms with Gasteiger partial charge in [0.1, 0.15) is 0 Å². The van der Waals surface area contributed by atoms with Gasteiger partial charge in [-0.25, -0.2) is 0 Å². The maximum Gasteiger partial charge on any atom is 0.0228 e. The summed E-state index contributed by atoms with van der Waals surface area (Å²) >= 11 is 0. The first kappa shape index (κ1) is 15.5. The van der Waals surface area contributed by atoms with Crippen molar-refractivity contribution in [2.45, 2.75) is 38.3 Å². The molecule has 3 atom stereocenters. The van der Waals surface area contributed by atoms with Crippen LogP contribution in [0.15, 0.2) is 30.3 Å². The Morgan fingerprint density at radius 3 is 2.55 bits per heavy atom.